The number of carbonyl (C=O) groups is 1. The normalized spacial score (nSPS) is 11.1. The topological polar surface area (TPSA) is 118 Å². The largest absolute Gasteiger partial charge is 0.476 e. The first-order valence-corrected chi connectivity index (χ1v) is 6.27. The Hall–Kier alpha value is -2.22. The molecule has 0 saturated heterocycles. The van der Waals surface area contributed by atoms with Crippen LogP contribution in [0, 0.1) is 6.92 Å². The molecule has 0 atom stereocenters. The van der Waals surface area contributed by atoms with Crippen LogP contribution in [0.25, 0.3) is 10.9 Å². The highest BCUT2D eigenvalue weighted by Crippen LogP contribution is 2.17. The number of aliphatic hydroxyl groups excluding tert-OH is 1. The standard InChI is InChI=1S/C12H15N3O5/c1-7-8-9(14-20-7)11(17)15(5-3-2-4-6-16)13-10(8)12(18)19/h16H,2-6H2,1H3,(H,18,19). The van der Waals surface area contributed by atoms with Crippen LogP contribution in [0.15, 0.2) is 9.32 Å². The number of fused-ring (bicyclic) bond motifs is 1. The van der Waals surface area contributed by atoms with Gasteiger partial charge in [0.15, 0.2) is 11.2 Å². The maximum absolute atomic E-state index is 12.1. The Labute approximate surface area is 113 Å². The van der Waals surface area contributed by atoms with E-state index in [1.807, 2.05) is 0 Å². The van der Waals surface area contributed by atoms with Crippen molar-refractivity contribution in [2.45, 2.75) is 32.7 Å². The molecule has 0 bridgehead atoms. The van der Waals surface area contributed by atoms with Crippen LogP contribution in [0.1, 0.15) is 35.5 Å². The molecule has 8 heteroatoms. The van der Waals surface area contributed by atoms with Crippen LogP contribution in [-0.4, -0.2) is 37.7 Å². The molecule has 0 saturated carbocycles. The van der Waals surface area contributed by atoms with Gasteiger partial charge >= 0.3 is 5.97 Å². The van der Waals surface area contributed by atoms with Crippen LogP contribution in [0.2, 0.25) is 0 Å². The van der Waals surface area contributed by atoms with Gasteiger partial charge in [-0.05, 0) is 26.2 Å². The van der Waals surface area contributed by atoms with Gasteiger partial charge in [-0.25, -0.2) is 9.48 Å². The lowest BCUT2D eigenvalue weighted by Gasteiger charge is -2.05. The molecule has 2 aromatic rings. The second kappa shape index (κ2) is 5.83. The van der Waals surface area contributed by atoms with Gasteiger partial charge in [-0.3, -0.25) is 4.79 Å². The summed E-state index contributed by atoms with van der Waals surface area (Å²) in [4.78, 5) is 23.3. The smallest absolute Gasteiger partial charge is 0.357 e. The fourth-order valence-corrected chi connectivity index (χ4v) is 1.99. The molecule has 0 amide bonds. The first-order chi connectivity index (χ1) is 9.56. The van der Waals surface area contributed by atoms with Gasteiger partial charge in [-0.1, -0.05) is 5.16 Å². The summed E-state index contributed by atoms with van der Waals surface area (Å²) >= 11 is 0. The minimum absolute atomic E-state index is 0.0166. The Balaban J connectivity index is 2.43. The molecule has 108 valence electrons. The van der Waals surface area contributed by atoms with E-state index in [4.69, 9.17) is 9.63 Å². The van der Waals surface area contributed by atoms with Crippen molar-refractivity contribution >= 4 is 16.9 Å². The molecule has 0 aliphatic carbocycles. The molecule has 20 heavy (non-hydrogen) atoms. The zero-order valence-corrected chi connectivity index (χ0v) is 11.0. The van der Waals surface area contributed by atoms with Gasteiger partial charge in [-0.2, -0.15) is 5.10 Å². The number of hydrogen-bond donors (Lipinski definition) is 2. The van der Waals surface area contributed by atoms with Crippen molar-refractivity contribution in [2.24, 2.45) is 0 Å². The van der Waals surface area contributed by atoms with E-state index in [1.54, 1.807) is 0 Å². The summed E-state index contributed by atoms with van der Waals surface area (Å²) in [5, 5.41) is 25.5. The van der Waals surface area contributed by atoms with Crippen LogP contribution in [0.3, 0.4) is 0 Å². The van der Waals surface area contributed by atoms with E-state index in [0.29, 0.717) is 12.8 Å². The van der Waals surface area contributed by atoms with Crippen molar-refractivity contribution in [2.75, 3.05) is 6.61 Å². The van der Waals surface area contributed by atoms with E-state index < -0.39 is 11.5 Å². The van der Waals surface area contributed by atoms with Gasteiger partial charge in [0.05, 0.1) is 5.39 Å². The van der Waals surface area contributed by atoms with Crippen molar-refractivity contribution in [1.29, 1.82) is 0 Å². The Bertz CT molecular complexity index is 688. The second-order valence-corrected chi connectivity index (χ2v) is 4.43. The molecular weight excluding hydrogens is 266 g/mol. The predicted molar refractivity (Wildman–Crippen MR) is 68.7 cm³/mol. The van der Waals surface area contributed by atoms with Crippen LogP contribution in [0.5, 0.6) is 0 Å². The van der Waals surface area contributed by atoms with Gasteiger partial charge in [0.25, 0.3) is 5.56 Å². The van der Waals surface area contributed by atoms with Crippen molar-refractivity contribution in [1.82, 2.24) is 14.9 Å². The summed E-state index contributed by atoms with van der Waals surface area (Å²) < 4.78 is 5.97. The van der Waals surface area contributed by atoms with E-state index in [9.17, 15) is 14.7 Å². The van der Waals surface area contributed by atoms with Crippen LogP contribution >= 0.6 is 0 Å². The number of rotatable bonds is 6. The van der Waals surface area contributed by atoms with Gasteiger partial charge in [0, 0.05) is 13.2 Å². The van der Waals surface area contributed by atoms with Crippen molar-refractivity contribution in [3.05, 3.63) is 21.8 Å². The third kappa shape index (κ3) is 2.55. The Morgan fingerprint density at radius 3 is 2.75 bits per heavy atom. The number of carboxylic acids is 1. The predicted octanol–water partition coefficient (Wildman–Crippen LogP) is 0.554. The van der Waals surface area contributed by atoms with Gasteiger partial charge in [-0.15, -0.1) is 0 Å². The fourth-order valence-electron chi connectivity index (χ4n) is 1.99. The molecule has 0 aromatic carbocycles. The number of aromatic carboxylic acids is 1. The maximum Gasteiger partial charge on any atom is 0.357 e. The zero-order chi connectivity index (χ0) is 14.7. The molecule has 0 fully saturated rings. The van der Waals surface area contributed by atoms with E-state index in [2.05, 4.69) is 10.3 Å². The summed E-state index contributed by atoms with van der Waals surface area (Å²) in [5.41, 5.74) is -0.719. The number of aliphatic hydroxyl groups is 1. The highest BCUT2D eigenvalue weighted by Gasteiger charge is 2.21. The summed E-state index contributed by atoms with van der Waals surface area (Å²) in [5.74, 6) is -0.972. The molecule has 2 N–H and O–H groups in total. The van der Waals surface area contributed by atoms with Crippen molar-refractivity contribution in [3.8, 4) is 0 Å². The Morgan fingerprint density at radius 1 is 1.35 bits per heavy atom. The van der Waals surface area contributed by atoms with E-state index in [-0.39, 0.29) is 35.5 Å². The summed E-state index contributed by atoms with van der Waals surface area (Å²) in [6, 6.07) is 0. The molecule has 0 radical (unpaired) electrons. The minimum Gasteiger partial charge on any atom is -0.476 e. The van der Waals surface area contributed by atoms with Gasteiger partial charge < -0.3 is 14.7 Å². The molecule has 8 nitrogen and oxygen atoms in total. The minimum atomic E-state index is -1.23. The second-order valence-electron chi connectivity index (χ2n) is 4.43. The molecule has 2 rings (SSSR count). The molecule has 0 spiro atoms. The lowest BCUT2D eigenvalue weighted by atomic mass is 10.2. The molecule has 2 heterocycles. The monoisotopic (exact) mass is 281 g/mol. The quantitative estimate of drug-likeness (QED) is 0.742. The highest BCUT2D eigenvalue weighted by molar-refractivity contribution is 6.00. The number of aromatic nitrogens is 3. The maximum atomic E-state index is 12.1. The lowest BCUT2D eigenvalue weighted by Crippen LogP contribution is -2.26. The van der Waals surface area contributed by atoms with Crippen molar-refractivity contribution in [3.63, 3.8) is 0 Å². The Morgan fingerprint density at radius 2 is 2.10 bits per heavy atom. The number of hydrogen-bond acceptors (Lipinski definition) is 6. The average Bonchev–Trinajstić information content (AvgIpc) is 2.79. The molecule has 2 aromatic heterocycles. The third-order valence-electron chi connectivity index (χ3n) is 2.99. The Kier molecular flexibility index (Phi) is 4.14. The number of aryl methyl sites for hydroxylation is 2. The first kappa shape index (κ1) is 14.2. The number of nitrogens with zero attached hydrogens (tertiary/aromatic N) is 3. The summed E-state index contributed by atoms with van der Waals surface area (Å²) in [6.07, 6.45) is 1.98. The molecule has 0 aliphatic rings. The highest BCUT2D eigenvalue weighted by atomic mass is 16.5. The molecule has 0 aliphatic heterocycles. The zero-order valence-electron chi connectivity index (χ0n) is 11.0. The van der Waals surface area contributed by atoms with E-state index in [1.165, 1.54) is 6.92 Å². The fraction of sp³-hybridized carbons (Fsp3) is 0.500. The van der Waals surface area contributed by atoms with E-state index >= 15 is 0 Å². The average molecular weight is 281 g/mol. The van der Waals surface area contributed by atoms with Crippen LogP contribution < -0.4 is 5.56 Å². The van der Waals surface area contributed by atoms with Gasteiger partial charge in [0.2, 0.25) is 0 Å². The molecule has 0 unspecified atom stereocenters. The summed E-state index contributed by atoms with van der Waals surface area (Å²) in [7, 11) is 0. The summed E-state index contributed by atoms with van der Waals surface area (Å²) in [6.45, 7) is 1.90. The van der Waals surface area contributed by atoms with Crippen LogP contribution in [-0.2, 0) is 6.54 Å². The molecular formula is C12H15N3O5. The lowest BCUT2D eigenvalue weighted by molar-refractivity contribution is 0.0689. The van der Waals surface area contributed by atoms with Crippen molar-refractivity contribution < 1.29 is 19.5 Å². The number of carboxylic acid groups (broad SMARTS) is 1. The first-order valence-electron chi connectivity index (χ1n) is 6.27. The van der Waals surface area contributed by atoms with Gasteiger partial charge in [0.1, 0.15) is 5.76 Å². The SMILES string of the molecule is Cc1onc2c(=O)n(CCCCCO)nc(C(=O)O)c12. The van der Waals surface area contributed by atoms with E-state index in [0.717, 1.165) is 11.1 Å². The van der Waals surface area contributed by atoms with Crippen LogP contribution in [0.4, 0.5) is 0 Å². The number of unbranched alkanes of at least 4 members (excludes halogenated alkanes) is 2. The third-order valence-corrected chi connectivity index (χ3v) is 2.99.